The van der Waals surface area contributed by atoms with E-state index in [-0.39, 0.29) is 24.8 Å². The lowest BCUT2D eigenvalue weighted by molar-refractivity contribution is 0.306. The van der Waals surface area contributed by atoms with Crippen LogP contribution in [-0.4, -0.2) is 17.6 Å². The van der Waals surface area contributed by atoms with Crippen molar-refractivity contribution in [3.05, 3.63) is 30.5 Å². The maximum absolute atomic E-state index is 8.32. The van der Waals surface area contributed by atoms with Gasteiger partial charge in [0.25, 0.3) is 0 Å². The fourth-order valence-corrected chi connectivity index (χ4v) is 1.22. The second-order valence-corrected chi connectivity index (χ2v) is 3.00. The molecule has 2 aromatic rings. The molecule has 1 heterocycles. The molecule has 0 atom stereocenters. The van der Waals surface area contributed by atoms with E-state index >= 15 is 0 Å². The Balaban J connectivity index is 0.00000128. The molecule has 0 aliphatic heterocycles. The first-order valence-corrected chi connectivity index (χ1v) is 4.36. The van der Waals surface area contributed by atoms with Crippen molar-refractivity contribution in [3.63, 3.8) is 0 Å². The zero-order valence-electron chi connectivity index (χ0n) is 8.29. The van der Waals surface area contributed by atoms with Crippen LogP contribution in [0.2, 0.25) is 0 Å². The number of oxime groups is 1. The van der Waals surface area contributed by atoms with Crippen LogP contribution in [0.1, 0.15) is 0 Å². The van der Waals surface area contributed by atoms with Gasteiger partial charge in [0.05, 0.1) is 6.26 Å². The predicted octanol–water partition coefficient (Wildman–Crippen LogP) is 1.98. The van der Waals surface area contributed by atoms with E-state index in [4.69, 9.17) is 20.1 Å². The Labute approximate surface area is 97.9 Å². The van der Waals surface area contributed by atoms with Crippen molar-refractivity contribution in [2.45, 2.75) is 0 Å². The molecule has 0 bridgehead atoms. The number of ether oxygens (including phenoxy) is 1. The van der Waals surface area contributed by atoms with Gasteiger partial charge in [-0.1, -0.05) is 5.16 Å². The van der Waals surface area contributed by atoms with E-state index < -0.39 is 0 Å². The highest BCUT2D eigenvalue weighted by molar-refractivity contribution is 5.85. The van der Waals surface area contributed by atoms with E-state index in [0.717, 1.165) is 11.0 Å². The number of hydrogen-bond acceptors (Lipinski definition) is 4. The zero-order valence-corrected chi connectivity index (χ0v) is 9.11. The van der Waals surface area contributed by atoms with E-state index in [2.05, 4.69) is 5.16 Å². The number of halogens is 1. The third kappa shape index (κ3) is 2.58. The van der Waals surface area contributed by atoms with E-state index in [0.29, 0.717) is 5.75 Å². The largest absolute Gasteiger partial charge is 0.486 e. The zero-order chi connectivity index (χ0) is 10.7. The molecule has 0 unspecified atom stereocenters. The van der Waals surface area contributed by atoms with Crippen LogP contribution in [0.15, 0.2) is 40.1 Å². The molecular weight excluding hydrogens is 232 g/mol. The summed E-state index contributed by atoms with van der Waals surface area (Å²) in [5.41, 5.74) is 6.07. The fraction of sp³-hybridized carbons (Fsp3) is 0.100. The van der Waals surface area contributed by atoms with Crippen LogP contribution < -0.4 is 10.5 Å². The SMILES string of the molecule is Cl.NC(COc1ccc2occc2c1)=NO. The summed E-state index contributed by atoms with van der Waals surface area (Å²) < 4.78 is 10.5. The summed E-state index contributed by atoms with van der Waals surface area (Å²) in [7, 11) is 0. The molecule has 0 radical (unpaired) electrons. The van der Waals surface area contributed by atoms with Gasteiger partial charge in [0.15, 0.2) is 5.84 Å². The molecule has 0 aliphatic carbocycles. The van der Waals surface area contributed by atoms with Gasteiger partial charge in [0.1, 0.15) is 17.9 Å². The normalized spacial score (nSPS) is 11.1. The van der Waals surface area contributed by atoms with Gasteiger partial charge in [-0.15, -0.1) is 12.4 Å². The molecule has 0 fully saturated rings. The van der Waals surface area contributed by atoms with Crippen LogP contribution in [0.5, 0.6) is 5.75 Å². The standard InChI is InChI=1S/C10H10N2O3.ClH/c11-10(12-13)6-15-8-1-2-9-7(5-8)3-4-14-9;/h1-5,13H,6H2,(H2,11,12);1H. The van der Waals surface area contributed by atoms with Crippen LogP contribution in [0.4, 0.5) is 0 Å². The van der Waals surface area contributed by atoms with Crippen molar-refractivity contribution in [2.75, 3.05) is 6.61 Å². The molecule has 1 aromatic heterocycles. The Morgan fingerprint density at radius 1 is 1.44 bits per heavy atom. The van der Waals surface area contributed by atoms with Gasteiger partial charge in [0, 0.05) is 5.39 Å². The number of furan rings is 1. The molecule has 0 saturated carbocycles. The van der Waals surface area contributed by atoms with Gasteiger partial charge in [-0.2, -0.15) is 0 Å². The molecule has 86 valence electrons. The topological polar surface area (TPSA) is 81.0 Å². The molecule has 5 nitrogen and oxygen atoms in total. The minimum Gasteiger partial charge on any atom is -0.486 e. The quantitative estimate of drug-likeness (QED) is 0.373. The lowest BCUT2D eigenvalue weighted by atomic mass is 10.2. The van der Waals surface area contributed by atoms with Crippen molar-refractivity contribution in [3.8, 4) is 5.75 Å². The molecule has 0 spiro atoms. The molecule has 2 rings (SSSR count). The van der Waals surface area contributed by atoms with Crippen molar-refractivity contribution < 1.29 is 14.4 Å². The first kappa shape index (κ1) is 12.2. The van der Waals surface area contributed by atoms with Crippen LogP contribution in [-0.2, 0) is 0 Å². The third-order valence-electron chi connectivity index (χ3n) is 1.94. The number of nitrogens with two attached hydrogens (primary N) is 1. The van der Waals surface area contributed by atoms with E-state index in [1.165, 1.54) is 0 Å². The average molecular weight is 243 g/mol. The van der Waals surface area contributed by atoms with Crippen LogP contribution >= 0.6 is 12.4 Å². The highest BCUT2D eigenvalue weighted by atomic mass is 35.5. The van der Waals surface area contributed by atoms with Crippen molar-refractivity contribution in [1.82, 2.24) is 0 Å². The molecule has 0 amide bonds. The van der Waals surface area contributed by atoms with Crippen molar-refractivity contribution >= 4 is 29.2 Å². The number of rotatable bonds is 3. The monoisotopic (exact) mass is 242 g/mol. The Morgan fingerprint density at radius 2 is 2.25 bits per heavy atom. The summed E-state index contributed by atoms with van der Waals surface area (Å²) in [6.07, 6.45) is 1.61. The summed E-state index contributed by atoms with van der Waals surface area (Å²) in [4.78, 5) is 0. The molecular formula is C10H11ClN2O3. The Hall–Kier alpha value is -1.88. The second kappa shape index (κ2) is 5.27. The summed E-state index contributed by atoms with van der Waals surface area (Å²) in [6, 6.07) is 7.22. The van der Waals surface area contributed by atoms with E-state index in [1.807, 2.05) is 12.1 Å². The minimum absolute atomic E-state index is 0. The average Bonchev–Trinajstić information content (AvgIpc) is 2.72. The minimum atomic E-state index is 0. The first-order valence-electron chi connectivity index (χ1n) is 4.36. The third-order valence-corrected chi connectivity index (χ3v) is 1.94. The molecule has 16 heavy (non-hydrogen) atoms. The second-order valence-electron chi connectivity index (χ2n) is 3.00. The van der Waals surface area contributed by atoms with Gasteiger partial charge in [-0.25, -0.2) is 0 Å². The smallest absolute Gasteiger partial charge is 0.177 e. The number of nitrogens with zero attached hydrogens (tertiary/aromatic N) is 1. The maximum atomic E-state index is 8.32. The van der Waals surface area contributed by atoms with Crippen LogP contribution in [0.3, 0.4) is 0 Å². The van der Waals surface area contributed by atoms with E-state index in [9.17, 15) is 0 Å². The number of benzene rings is 1. The summed E-state index contributed by atoms with van der Waals surface area (Å²) in [6.45, 7) is 0.0554. The maximum Gasteiger partial charge on any atom is 0.177 e. The summed E-state index contributed by atoms with van der Waals surface area (Å²) >= 11 is 0. The lowest BCUT2D eigenvalue weighted by Crippen LogP contribution is -2.20. The van der Waals surface area contributed by atoms with Crippen LogP contribution in [0.25, 0.3) is 11.0 Å². The predicted molar refractivity (Wildman–Crippen MR) is 62.4 cm³/mol. The number of fused-ring (bicyclic) bond motifs is 1. The molecule has 1 aromatic carbocycles. The summed E-state index contributed by atoms with van der Waals surface area (Å²) in [5, 5.41) is 12.1. The fourth-order valence-electron chi connectivity index (χ4n) is 1.22. The molecule has 0 aliphatic rings. The van der Waals surface area contributed by atoms with Gasteiger partial charge in [-0.3, -0.25) is 0 Å². The van der Waals surface area contributed by atoms with Crippen LogP contribution in [0, 0.1) is 0 Å². The first-order chi connectivity index (χ1) is 7.29. The highest BCUT2D eigenvalue weighted by Gasteiger charge is 2.00. The van der Waals surface area contributed by atoms with Gasteiger partial charge < -0.3 is 20.1 Å². The number of hydrogen-bond donors (Lipinski definition) is 2. The lowest BCUT2D eigenvalue weighted by Gasteiger charge is -2.03. The molecule has 6 heteroatoms. The van der Waals surface area contributed by atoms with Gasteiger partial charge in [0.2, 0.25) is 0 Å². The Bertz CT molecular complexity index is 496. The Morgan fingerprint density at radius 3 is 3.00 bits per heavy atom. The van der Waals surface area contributed by atoms with E-state index in [1.54, 1.807) is 18.4 Å². The number of amidine groups is 1. The summed E-state index contributed by atoms with van der Waals surface area (Å²) in [5.74, 6) is 0.679. The van der Waals surface area contributed by atoms with Gasteiger partial charge in [-0.05, 0) is 24.3 Å². The van der Waals surface area contributed by atoms with Crippen molar-refractivity contribution in [2.24, 2.45) is 10.9 Å². The van der Waals surface area contributed by atoms with Crippen molar-refractivity contribution in [1.29, 1.82) is 0 Å². The Kier molecular flexibility index (Phi) is 4.02. The molecule has 3 N–H and O–H groups in total. The molecule has 0 saturated heterocycles. The highest BCUT2D eigenvalue weighted by Crippen LogP contribution is 2.21. The van der Waals surface area contributed by atoms with Gasteiger partial charge >= 0.3 is 0 Å².